The molecular weight excluding hydrogens is 362 g/mol. The number of ether oxygens (including phenoxy) is 1. The van der Waals surface area contributed by atoms with E-state index in [4.69, 9.17) is 9.15 Å². The predicted molar refractivity (Wildman–Crippen MR) is 105 cm³/mol. The molecule has 140 valence electrons. The molecule has 0 radical (unpaired) electrons. The molecule has 1 aliphatic rings. The lowest BCUT2D eigenvalue weighted by Gasteiger charge is -2.26. The summed E-state index contributed by atoms with van der Waals surface area (Å²) < 4.78 is 10.8. The molecule has 1 fully saturated rings. The molecule has 2 aromatic heterocycles. The number of hydrogen-bond acceptors (Lipinski definition) is 6. The van der Waals surface area contributed by atoms with Crippen LogP contribution in [-0.2, 0) is 4.74 Å². The maximum atomic E-state index is 12.8. The average Bonchev–Trinajstić information content (AvgIpc) is 3.39. The van der Waals surface area contributed by atoms with Crippen LogP contribution in [0.4, 0.5) is 0 Å². The summed E-state index contributed by atoms with van der Waals surface area (Å²) in [4.78, 5) is 20.4. The van der Waals surface area contributed by atoms with Gasteiger partial charge in [-0.3, -0.25) is 9.69 Å². The van der Waals surface area contributed by atoms with Crippen LogP contribution in [0.3, 0.4) is 0 Å². The molecule has 6 nitrogen and oxygen atoms in total. The van der Waals surface area contributed by atoms with E-state index < -0.39 is 0 Å². The third kappa shape index (κ3) is 4.27. The maximum Gasteiger partial charge on any atom is 0.263 e. The van der Waals surface area contributed by atoms with Gasteiger partial charge in [0.05, 0.1) is 25.2 Å². The summed E-state index contributed by atoms with van der Waals surface area (Å²) in [7, 11) is 0. The molecule has 1 N–H and O–H groups in total. The fourth-order valence-corrected chi connectivity index (χ4v) is 3.98. The van der Waals surface area contributed by atoms with Gasteiger partial charge < -0.3 is 14.5 Å². The van der Waals surface area contributed by atoms with E-state index in [0.29, 0.717) is 27.9 Å². The molecule has 4 rings (SSSR count). The van der Waals surface area contributed by atoms with Gasteiger partial charge in [-0.15, -0.1) is 11.3 Å². The number of morpholine rings is 1. The Morgan fingerprint density at radius 2 is 1.96 bits per heavy atom. The molecule has 27 heavy (non-hydrogen) atoms. The Kier molecular flexibility index (Phi) is 5.62. The number of aromatic nitrogens is 1. The monoisotopic (exact) mass is 383 g/mol. The second kappa shape index (κ2) is 8.47. The van der Waals surface area contributed by atoms with Crippen LogP contribution in [0, 0.1) is 0 Å². The second-order valence-corrected chi connectivity index (χ2v) is 7.25. The van der Waals surface area contributed by atoms with Crippen molar-refractivity contribution < 1.29 is 13.9 Å². The topological polar surface area (TPSA) is 67.6 Å². The number of benzene rings is 1. The van der Waals surface area contributed by atoms with Crippen LogP contribution in [0.2, 0.25) is 0 Å². The molecule has 0 atom stereocenters. The van der Waals surface area contributed by atoms with E-state index >= 15 is 0 Å². The number of hydrogen-bond donors (Lipinski definition) is 1. The Balaban J connectivity index is 1.52. The van der Waals surface area contributed by atoms with E-state index in [-0.39, 0.29) is 5.91 Å². The maximum absolute atomic E-state index is 12.8. The van der Waals surface area contributed by atoms with E-state index in [0.717, 1.165) is 38.4 Å². The Hall–Kier alpha value is -2.48. The Labute approximate surface area is 161 Å². The van der Waals surface area contributed by atoms with Crippen LogP contribution in [0.5, 0.6) is 0 Å². The van der Waals surface area contributed by atoms with E-state index in [9.17, 15) is 4.79 Å². The van der Waals surface area contributed by atoms with Crippen molar-refractivity contribution in [2.24, 2.45) is 0 Å². The first kappa shape index (κ1) is 17.9. The summed E-state index contributed by atoms with van der Waals surface area (Å²) in [5.41, 5.74) is 1.61. The fourth-order valence-electron chi connectivity index (χ4n) is 3.00. The largest absolute Gasteiger partial charge is 0.462 e. The van der Waals surface area contributed by atoms with Crippen molar-refractivity contribution in [2.45, 2.75) is 0 Å². The van der Waals surface area contributed by atoms with Gasteiger partial charge in [-0.2, -0.15) is 0 Å². The highest BCUT2D eigenvalue weighted by atomic mass is 32.1. The summed E-state index contributed by atoms with van der Waals surface area (Å²) in [6, 6.07) is 13.4. The smallest absolute Gasteiger partial charge is 0.263 e. The summed E-state index contributed by atoms with van der Waals surface area (Å²) in [5.74, 6) is 0.571. The van der Waals surface area contributed by atoms with Gasteiger partial charge in [-0.05, 0) is 12.1 Å². The number of carbonyl (C=O) groups excluding carboxylic acids is 1. The van der Waals surface area contributed by atoms with Crippen molar-refractivity contribution in [3.8, 4) is 22.0 Å². The van der Waals surface area contributed by atoms with Crippen molar-refractivity contribution in [1.29, 1.82) is 0 Å². The van der Waals surface area contributed by atoms with Crippen LogP contribution in [-0.4, -0.2) is 55.2 Å². The lowest BCUT2D eigenvalue weighted by molar-refractivity contribution is 0.0383. The third-order valence-corrected chi connectivity index (χ3v) is 5.50. The lowest BCUT2D eigenvalue weighted by atomic mass is 10.1. The highest BCUT2D eigenvalue weighted by Crippen LogP contribution is 2.34. The van der Waals surface area contributed by atoms with Crippen LogP contribution >= 0.6 is 11.3 Å². The number of carbonyl (C=O) groups is 1. The van der Waals surface area contributed by atoms with Gasteiger partial charge in [0, 0.05) is 31.7 Å². The Morgan fingerprint density at radius 1 is 1.15 bits per heavy atom. The normalized spacial score (nSPS) is 15.0. The van der Waals surface area contributed by atoms with Crippen LogP contribution in [0.25, 0.3) is 22.0 Å². The molecule has 7 heteroatoms. The third-order valence-electron chi connectivity index (χ3n) is 4.43. The molecule has 1 saturated heterocycles. The minimum absolute atomic E-state index is 0.0996. The van der Waals surface area contributed by atoms with Gasteiger partial charge in [0.2, 0.25) is 0 Å². The van der Waals surface area contributed by atoms with Crippen molar-refractivity contribution in [3.05, 3.63) is 53.6 Å². The predicted octanol–water partition coefficient (Wildman–Crippen LogP) is 3.13. The first-order valence-electron chi connectivity index (χ1n) is 9.00. The van der Waals surface area contributed by atoms with Crippen LogP contribution in [0.15, 0.2) is 53.1 Å². The van der Waals surface area contributed by atoms with Crippen LogP contribution in [0.1, 0.15) is 9.67 Å². The molecule has 0 spiro atoms. The number of furan rings is 1. The average molecular weight is 383 g/mol. The number of rotatable bonds is 6. The van der Waals surface area contributed by atoms with Gasteiger partial charge >= 0.3 is 0 Å². The molecule has 0 unspecified atom stereocenters. The second-order valence-electron chi connectivity index (χ2n) is 6.25. The first-order chi connectivity index (χ1) is 13.3. The summed E-state index contributed by atoms with van der Waals surface area (Å²) in [5, 5.41) is 3.74. The van der Waals surface area contributed by atoms with Crippen molar-refractivity contribution >= 4 is 17.2 Å². The number of amides is 1. The van der Waals surface area contributed by atoms with Gasteiger partial charge in [-0.1, -0.05) is 30.3 Å². The molecule has 3 heterocycles. The zero-order valence-corrected chi connectivity index (χ0v) is 15.7. The van der Waals surface area contributed by atoms with E-state index in [1.807, 2.05) is 42.5 Å². The quantitative estimate of drug-likeness (QED) is 0.708. The molecule has 0 aliphatic carbocycles. The summed E-state index contributed by atoms with van der Waals surface area (Å²) in [6.07, 6.45) is 1.61. The van der Waals surface area contributed by atoms with E-state index in [2.05, 4.69) is 15.2 Å². The zero-order chi connectivity index (χ0) is 18.5. The highest BCUT2D eigenvalue weighted by molar-refractivity contribution is 7.17. The van der Waals surface area contributed by atoms with Gasteiger partial charge in [0.25, 0.3) is 5.91 Å². The fraction of sp³-hybridized carbons (Fsp3) is 0.300. The molecule has 0 saturated carbocycles. The molecule has 3 aromatic rings. The van der Waals surface area contributed by atoms with Gasteiger partial charge in [0.1, 0.15) is 4.88 Å². The molecule has 1 amide bonds. The molecule has 1 aliphatic heterocycles. The van der Waals surface area contributed by atoms with Gasteiger partial charge in [-0.25, -0.2) is 4.98 Å². The highest BCUT2D eigenvalue weighted by Gasteiger charge is 2.21. The molecule has 1 aromatic carbocycles. The lowest BCUT2D eigenvalue weighted by Crippen LogP contribution is -2.41. The van der Waals surface area contributed by atoms with Crippen molar-refractivity contribution in [2.75, 3.05) is 39.4 Å². The van der Waals surface area contributed by atoms with Crippen molar-refractivity contribution in [3.63, 3.8) is 0 Å². The number of thiazole rings is 1. The Bertz CT molecular complexity index is 871. The summed E-state index contributed by atoms with van der Waals surface area (Å²) in [6.45, 7) is 4.75. The van der Waals surface area contributed by atoms with E-state index in [1.54, 1.807) is 6.26 Å². The minimum atomic E-state index is -0.0996. The Morgan fingerprint density at radius 3 is 2.70 bits per heavy atom. The minimum Gasteiger partial charge on any atom is -0.462 e. The standard InChI is InChI=1S/C20H21N3O3S/c24-19(21-8-9-23-10-13-25-14-11-23)18-17(15-5-2-1-3-6-15)22-20(27-18)16-7-4-12-26-16/h1-7,12H,8-11,13-14H2,(H,21,24). The zero-order valence-electron chi connectivity index (χ0n) is 14.9. The molecular formula is C20H21N3O3S. The van der Waals surface area contributed by atoms with Crippen molar-refractivity contribution in [1.82, 2.24) is 15.2 Å². The number of nitrogens with zero attached hydrogens (tertiary/aromatic N) is 2. The van der Waals surface area contributed by atoms with E-state index in [1.165, 1.54) is 11.3 Å². The van der Waals surface area contributed by atoms with Crippen LogP contribution < -0.4 is 5.32 Å². The summed E-state index contributed by atoms with van der Waals surface area (Å²) >= 11 is 1.36. The number of nitrogens with one attached hydrogen (secondary N) is 1. The first-order valence-corrected chi connectivity index (χ1v) is 9.81. The van der Waals surface area contributed by atoms with Gasteiger partial charge in [0.15, 0.2) is 10.8 Å². The molecule has 0 bridgehead atoms. The SMILES string of the molecule is O=C(NCCN1CCOCC1)c1sc(-c2ccco2)nc1-c1ccccc1.